The number of carbonyl (C=O) groups is 1. The van der Waals surface area contributed by atoms with Gasteiger partial charge in [-0.05, 0) is 48.7 Å². The van der Waals surface area contributed by atoms with Crippen molar-refractivity contribution in [1.29, 1.82) is 0 Å². The molecule has 0 spiro atoms. The summed E-state index contributed by atoms with van der Waals surface area (Å²) in [6.45, 7) is 2.46. The van der Waals surface area contributed by atoms with E-state index in [2.05, 4.69) is 20.7 Å². The second-order valence-corrected chi connectivity index (χ2v) is 8.57. The second-order valence-electron chi connectivity index (χ2n) is 8.57. The normalized spacial score (nSPS) is 12.4. The van der Waals surface area contributed by atoms with E-state index >= 15 is 0 Å². The molecule has 0 aliphatic rings. The average molecular weight is 494 g/mol. The van der Waals surface area contributed by atoms with Crippen LogP contribution in [0.3, 0.4) is 0 Å². The van der Waals surface area contributed by atoms with Crippen LogP contribution in [0, 0.1) is 6.92 Å². The third-order valence-corrected chi connectivity index (χ3v) is 5.77. The van der Waals surface area contributed by atoms with E-state index in [9.17, 15) is 18.0 Å². The summed E-state index contributed by atoms with van der Waals surface area (Å²) >= 11 is 0. The van der Waals surface area contributed by atoms with Gasteiger partial charge in [-0.25, -0.2) is 4.98 Å². The Morgan fingerprint density at radius 1 is 0.972 bits per heavy atom. The number of aryl methyl sites for hydroxylation is 2. The molecule has 2 aromatic heterocycles. The van der Waals surface area contributed by atoms with Crippen molar-refractivity contribution in [2.75, 3.05) is 11.9 Å². The summed E-state index contributed by atoms with van der Waals surface area (Å²) in [6.07, 6.45) is 1.41. The number of hydrogen-bond acceptors (Lipinski definition) is 4. The lowest BCUT2D eigenvalue weighted by atomic mass is 10.0. The molecule has 4 rings (SSSR count). The summed E-state index contributed by atoms with van der Waals surface area (Å²) in [5, 5.41) is 10.1. The fourth-order valence-electron chi connectivity index (χ4n) is 3.75. The molecule has 186 valence electrons. The lowest BCUT2D eigenvalue weighted by molar-refractivity contribution is -0.137. The molecule has 0 fully saturated rings. The molecular formula is C27H26F3N5O. The molecule has 1 amide bonds. The molecule has 0 aliphatic carbocycles. The maximum absolute atomic E-state index is 13.2. The first-order chi connectivity index (χ1) is 17.2. The molecule has 2 N–H and O–H groups in total. The highest BCUT2D eigenvalue weighted by Gasteiger charge is 2.31. The van der Waals surface area contributed by atoms with E-state index in [1.807, 2.05) is 50.5 Å². The molecule has 0 bridgehead atoms. The van der Waals surface area contributed by atoms with Crippen LogP contribution in [0.5, 0.6) is 0 Å². The van der Waals surface area contributed by atoms with E-state index < -0.39 is 23.7 Å². The van der Waals surface area contributed by atoms with Crippen molar-refractivity contribution in [2.24, 2.45) is 7.05 Å². The van der Waals surface area contributed by atoms with Crippen LogP contribution in [0.4, 0.5) is 19.0 Å². The van der Waals surface area contributed by atoms with E-state index in [-0.39, 0.29) is 0 Å². The van der Waals surface area contributed by atoms with E-state index in [1.165, 1.54) is 12.1 Å². The van der Waals surface area contributed by atoms with Crippen LogP contribution in [0.15, 0.2) is 79.3 Å². The predicted molar refractivity (Wildman–Crippen MR) is 132 cm³/mol. The summed E-state index contributed by atoms with van der Waals surface area (Å²) in [4.78, 5) is 17.5. The van der Waals surface area contributed by atoms with Gasteiger partial charge >= 0.3 is 6.18 Å². The number of anilines is 1. The Hall–Kier alpha value is -3.98. The standard InChI is InChI=1S/C27H26F3N5O/c1-18-3-5-19(6-4-18)13-14-31-25(20-7-10-23(11-8-20)27(28,29)30)26(36)34-24-12-9-21(15-32-24)22-16-33-35(2)17-22/h3-12,15-17,25,31H,13-14H2,1-2H3,(H,32,34,36)/t25-/m0/s1. The lowest BCUT2D eigenvalue weighted by Gasteiger charge is -2.19. The summed E-state index contributed by atoms with van der Waals surface area (Å²) in [7, 11) is 1.82. The van der Waals surface area contributed by atoms with Crippen LogP contribution in [0.25, 0.3) is 11.1 Å². The smallest absolute Gasteiger partial charge is 0.309 e. The predicted octanol–water partition coefficient (Wildman–Crippen LogP) is 5.32. The van der Waals surface area contributed by atoms with Gasteiger partial charge in [0.05, 0.1) is 11.8 Å². The number of nitrogens with one attached hydrogen (secondary N) is 2. The highest BCUT2D eigenvalue weighted by molar-refractivity contribution is 5.95. The zero-order chi connectivity index (χ0) is 25.7. The molecule has 0 saturated carbocycles. The highest BCUT2D eigenvalue weighted by Crippen LogP contribution is 2.30. The fraction of sp³-hybridized carbons (Fsp3) is 0.222. The Kier molecular flexibility index (Phi) is 7.49. The first-order valence-corrected chi connectivity index (χ1v) is 11.4. The number of benzene rings is 2. The fourth-order valence-corrected chi connectivity index (χ4v) is 3.75. The third kappa shape index (κ3) is 6.37. The molecule has 0 unspecified atom stereocenters. The minimum absolute atomic E-state index is 0.338. The summed E-state index contributed by atoms with van der Waals surface area (Å²) < 4.78 is 40.8. The highest BCUT2D eigenvalue weighted by atomic mass is 19.4. The van der Waals surface area contributed by atoms with Crippen molar-refractivity contribution in [2.45, 2.75) is 25.6 Å². The van der Waals surface area contributed by atoms with E-state index in [1.54, 1.807) is 23.1 Å². The van der Waals surface area contributed by atoms with Crippen LogP contribution in [0.1, 0.15) is 28.3 Å². The largest absolute Gasteiger partial charge is 0.416 e. The molecule has 2 aromatic carbocycles. The van der Waals surface area contributed by atoms with Gasteiger partial charge in [0.1, 0.15) is 11.9 Å². The molecule has 1 atom stereocenters. The summed E-state index contributed by atoms with van der Waals surface area (Å²) in [5.41, 5.74) is 3.64. The van der Waals surface area contributed by atoms with Gasteiger partial charge in [-0.1, -0.05) is 42.0 Å². The zero-order valence-electron chi connectivity index (χ0n) is 19.9. The van der Waals surface area contributed by atoms with Crippen molar-refractivity contribution in [1.82, 2.24) is 20.1 Å². The van der Waals surface area contributed by atoms with Gasteiger partial charge in [-0.15, -0.1) is 0 Å². The molecule has 0 aliphatic heterocycles. The van der Waals surface area contributed by atoms with Gasteiger partial charge < -0.3 is 10.6 Å². The summed E-state index contributed by atoms with van der Waals surface area (Å²) in [6, 6.07) is 15.3. The first kappa shape index (κ1) is 25.1. The SMILES string of the molecule is Cc1ccc(CCN[C@H](C(=O)Nc2ccc(-c3cnn(C)c3)cn2)c2ccc(C(F)(F)F)cc2)cc1. The van der Waals surface area contributed by atoms with Crippen LogP contribution < -0.4 is 10.6 Å². The maximum atomic E-state index is 13.2. The van der Waals surface area contributed by atoms with Gasteiger partial charge in [-0.3, -0.25) is 9.48 Å². The number of halogens is 3. The number of rotatable bonds is 8. The lowest BCUT2D eigenvalue weighted by Crippen LogP contribution is -2.34. The van der Waals surface area contributed by atoms with Crippen molar-refractivity contribution < 1.29 is 18.0 Å². The minimum atomic E-state index is -4.45. The monoisotopic (exact) mass is 493 g/mol. The van der Waals surface area contributed by atoms with Crippen LogP contribution >= 0.6 is 0 Å². The molecule has 36 heavy (non-hydrogen) atoms. The van der Waals surface area contributed by atoms with Crippen LogP contribution in [-0.4, -0.2) is 27.2 Å². The Balaban J connectivity index is 1.49. The number of alkyl halides is 3. The summed E-state index contributed by atoms with van der Waals surface area (Å²) in [5.74, 6) is -0.0785. The van der Waals surface area contributed by atoms with E-state index in [4.69, 9.17) is 0 Å². The number of aromatic nitrogens is 3. The number of hydrogen-bond donors (Lipinski definition) is 2. The van der Waals surface area contributed by atoms with Crippen LogP contribution in [-0.2, 0) is 24.4 Å². The molecular weight excluding hydrogens is 467 g/mol. The maximum Gasteiger partial charge on any atom is 0.416 e. The molecule has 9 heteroatoms. The Morgan fingerprint density at radius 2 is 1.69 bits per heavy atom. The zero-order valence-corrected chi connectivity index (χ0v) is 19.9. The number of pyridine rings is 1. The molecule has 0 radical (unpaired) electrons. The van der Waals surface area contributed by atoms with Gasteiger partial charge in [0.15, 0.2) is 0 Å². The molecule has 4 aromatic rings. The van der Waals surface area contributed by atoms with Crippen molar-refractivity contribution in [3.8, 4) is 11.1 Å². The van der Waals surface area contributed by atoms with E-state index in [0.717, 1.165) is 34.4 Å². The molecule has 2 heterocycles. The number of carbonyl (C=O) groups excluding carboxylic acids is 1. The Labute approximate surface area is 207 Å². The Morgan fingerprint density at radius 3 is 2.28 bits per heavy atom. The second kappa shape index (κ2) is 10.7. The van der Waals surface area contributed by atoms with Crippen molar-refractivity contribution in [3.63, 3.8) is 0 Å². The van der Waals surface area contributed by atoms with Gasteiger partial charge in [0.25, 0.3) is 0 Å². The molecule has 0 saturated heterocycles. The van der Waals surface area contributed by atoms with Gasteiger partial charge in [0.2, 0.25) is 5.91 Å². The van der Waals surface area contributed by atoms with Crippen LogP contribution in [0.2, 0.25) is 0 Å². The van der Waals surface area contributed by atoms with Gasteiger partial charge in [0, 0.05) is 37.1 Å². The average Bonchev–Trinajstić information content (AvgIpc) is 3.29. The molecule has 6 nitrogen and oxygen atoms in total. The topological polar surface area (TPSA) is 71.8 Å². The number of amides is 1. The van der Waals surface area contributed by atoms with Gasteiger partial charge in [-0.2, -0.15) is 18.3 Å². The third-order valence-electron chi connectivity index (χ3n) is 5.77. The van der Waals surface area contributed by atoms with E-state index in [0.29, 0.717) is 24.3 Å². The van der Waals surface area contributed by atoms with Crippen molar-refractivity contribution in [3.05, 3.63) is 102 Å². The first-order valence-electron chi connectivity index (χ1n) is 11.4. The quantitative estimate of drug-likeness (QED) is 0.349. The Bertz CT molecular complexity index is 1300. The van der Waals surface area contributed by atoms with Crippen molar-refractivity contribution >= 4 is 11.7 Å². The number of nitrogens with zero attached hydrogens (tertiary/aromatic N) is 3. The minimum Gasteiger partial charge on any atom is -0.309 e.